The van der Waals surface area contributed by atoms with Crippen molar-refractivity contribution in [2.75, 3.05) is 11.4 Å². The average molecular weight is 282 g/mol. The number of benzene rings is 1. The fraction of sp³-hybridized carbons (Fsp3) is 0.571. The largest absolute Gasteiger partial charge is 0.368 e. The van der Waals surface area contributed by atoms with E-state index in [1.54, 1.807) is 0 Å². The number of hydrogen-bond acceptors (Lipinski definition) is 1. The van der Waals surface area contributed by atoms with Crippen molar-refractivity contribution in [1.82, 2.24) is 0 Å². The molecule has 1 heterocycles. The van der Waals surface area contributed by atoms with Crippen molar-refractivity contribution >= 4 is 21.6 Å². The van der Waals surface area contributed by atoms with Gasteiger partial charge in [0, 0.05) is 23.6 Å². The smallest absolute Gasteiger partial charge is 0.0410 e. The molecule has 2 heteroatoms. The molecule has 0 spiro atoms. The Balaban J connectivity index is 2.32. The van der Waals surface area contributed by atoms with Crippen LogP contribution in [0.1, 0.15) is 31.4 Å². The Morgan fingerprint density at radius 3 is 2.69 bits per heavy atom. The van der Waals surface area contributed by atoms with Gasteiger partial charge in [0.15, 0.2) is 0 Å². The van der Waals surface area contributed by atoms with Crippen molar-refractivity contribution in [3.63, 3.8) is 0 Å². The van der Waals surface area contributed by atoms with E-state index in [9.17, 15) is 0 Å². The fourth-order valence-corrected chi connectivity index (χ4v) is 3.19. The molecule has 16 heavy (non-hydrogen) atoms. The van der Waals surface area contributed by atoms with Crippen LogP contribution in [0.25, 0.3) is 0 Å². The van der Waals surface area contributed by atoms with Gasteiger partial charge in [-0.3, -0.25) is 0 Å². The third-order valence-corrected chi connectivity index (χ3v) is 4.08. The van der Waals surface area contributed by atoms with E-state index < -0.39 is 0 Å². The zero-order chi connectivity index (χ0) is 11.7. The minimum Gasteiger partial charge on any atom is -0.368 e. The first-order valence-corrected chi connectivity index (χ1v) is 7.16. The number of aryl methyl sites for hydroxylation is 1. The van der Waals surface area contributed by atoms with Gasteiger partial charge in [0.25, 0.3) is 0 Å². The number of hydrogen-bond donors (Lipinski definition) is 0. The molecule has 0 aliphatic carbocycles. The summed E-state index contributed by atoms with van der Waals surface area (Å²) < 4.78 is 0. The standard InChI is InChI=1S/C14H20BrN/c1-10-4-5-14(13(7-10)8-15)16-9-11(2)6-12(16)3/h4-5,7,11-12H,6,8-9H2,1-3H3. The first-order chi connectivity index (χ1) is 7.61. The van der Waals surface area contributed by atoms with Crippen LogP contribution in [0, 0.1) is 12.8 Å². The van der Waals surface area contributed by atoms with Crippen LogP contribution in [0.4, 0.5) is 5.69 Å². The second-order valence-electron chi connectivity index (χ2n) is 5.11. The molecular weight excluding hydrogens is 262 g/mol. The Hall–Kier alpha value is -0.500. The number of anilines is 1. The third kappa shape index (κ3) is 2.27. The van der Waals surface area contributed by atoms with Crippen molar-refractivity contribution in [3.05, 3.63) is 29.3 Å². The molecule has 0 aromatic heterocycles. The zero-order valence-electron chi connectivity index (χ0n) is 10.3. The maximum Gasteiger partial charge on any atom is 0.0410 e. The summed E-state index contributed by atoms with van der Waals surface area (Å²) >= 11 is 3.60. The molecule has 0 radical (unpaired) electrons. The molecule has 0 amide bonds. The molecule has 1 fully saturated rings. The summed E-state index contributed by atoms with van der Waals surface area (Å²) in [5.41, 5.74) is 4.18. The van der Waals surface area contributed by atoms with Gasteiger partial charge in [0.05, 0.1) is 0 Å². The molecule has 2 atom stereocenters. The van der Waals surface area contributed by atoms with E-state index in [4.69, 9.17) is 0 Å². The molecule has 1 nitrogen and oxygen atoms in total. The van der Waals surface area contributed by atoms with E-state index in [1.165, 1.54) is 29.8 Å². The molecule has 88 valence electrons. The van der Waals surface area contributed by atoms with Crippen LogP contribution in [-0.4, -0.2) is 12.6 Å². The van der Waals surface area contributed by atoms with Gasteiger partial charge in [-0.2, -0.15) is 0 Å². The second-order valence-corrected chi connectivity index (χ2v) is 5.67. The number of alkyl halides is 1. The van der Waals surface area contributed by atoms with Crippen LogP contribution in [0.3, 0.4) is 0 Å². The molecule has 1 aliphatic heterocycles. The summed E-state index contributed by atoms with van der Waals surface area (Å²) in [4.78, 5) is 2.56. The first kappa shape index (κ1) is 12.0. The van der Waals surface area contributed by atoms with E-state index in [-0.39, 0.29) is 0 Å². The highest BCUT2D eigenvalue weighted by molar-refractivity contribution is 9.08. The molecule has 0 N–H and O–H groups in total. The highest BCUT2D eigenvalue weighted by atomic mass is 79.9. The van der Waals surface area contributed by atoms with Crippen LogP contribution < -0.4 is 4.90 Å². The molecule has 1 saturated heterocycles. The maximum absolute atomic E-state index is 3.60. The number of nitrogens with zero attached hydrogens (tertiary/aromatic N) is 1. The van der Waals surface area contributed by atoms with Gasteiger partial charge < -0.3 is 4.90 Å². The lowest BCUT2D eigenvalue weighted by Crippen LogP contribution is -2.27. The SMILES string of the molecule is Cc1ccc(N2CC(C)CC2C)c(CBr)c1. The lowest BCUT2D eigenvalue weighted by molar-refractivity contribution is 0.625. The first-order valence-electron chi connectivity index (χ1n) is 6.04. The Labute approximate surface area is 107 Å². The fourth-order valence-electron chi connectivity index (χ4n) is 2.74. The van der Waals surface area contributed by atoms with Gasteiger partial charge in [0.2, 0.25) is 0 Å². The number of rotatable bonds is 2. The van der Waals surface area contributed by atoms with E-state index >= 15 is 0 Å². The molecule has 1 aromatic carbocycles. The summed E-state index contributed by atoms with van der Waals surface area (Å²) in [5.74, 6) is 0.819. The summed E-state index contributed by atoms with van der Waals surface area (Å²) in [7, 11) is 0. The molecule has 1 aliphatic rings. The summed E-state index contributed by atoms with van der Waals surface area (Å²) in [5, 5.41) is 0.946. The molecule has 2 rings (SSSR count). The second kappa shape index (κ2) is 4.79. The normalized spacial score (nSPS) is 25.1. The zero-order valence-corrected chi connectivity index (χ0v) is 11.9. The van der Waals surface area contributed by atoms with Crippen molar-refractivity contribution < 1.29 is 0 Å². The van der Waals surface area contributed by atoms with Crippen molar-refractivity contribution in [3.8, 4) is 0 Å². The lowest BCUT2D eigenvalue weighted by atomic mass is 10.1. The van der Waals surface area contributed by atoms with E-state index in [2.05, 4.69) is 59.8 Å². The average Bonchev–Trinajstić information content (AvgIpc) is 2.57. The lowest BCUT2D eigenvalue weighted by Gasteiger charge is -2.26. The van der Waals surface area contributed by atoms with Crippen LogP contribution in [0.15, 0.2) is 18.2 Å². The predicted octanol–water partition coefficient (Wildman–Crippen LogP) is 4.12. The van der Waals surface area contributed by atoms with Crippen molar-refractivity contribution in [2.24, 2.45) is 5.92 Å². The topological polar surface area (TPSA) is 3.24 Å². The Morgan fingerprint density at radius 1 is 1.38 bits per heavy atom. The van der Waals surface area contributed by atoms with Crippen LogP contribution in [0.2, 0.25) is 0 Å². The van der Waals surface area contributed by atoms with Gasteiger partial charge in [-0.25, -0.2) is 0 Å². The maximum atomic E-state index is 3.60. The Morgan fingerprint density at radius 2 is 2.12 bits per heavy atom. The van der Waals surface area contributed by atoms with E-state index in [1.807, 2.05) is 0 Å². The molecule has 0 bridgehead atoms. The van der Waals surface area contributed by atoms with Crippen molar-refractivity contribution in [1.29, 1.82) is 0 Å². The summed E-state index contributed by atoms with van der Waals surface area (Å²) in [6.45, 7) is 8.04. The minimum absolute atomic E-state index is 0.676. The third-order valence-electron chi connectivity index (χ3n) is 3.47. The Kier molecular flexibility index (Phi) is 3.58. The molecule has 1 aromatic rings. The summed E-state index contributed by atoms with van der Waals surface area (Å²) in [6, 6.07) is 7.47. The van der Waals surface area contributed by atoms with Crippen LogP contribution in [0.5, 0.6) is 0 Å². The van der Waals surface area contributed by atoms with E-state index in [0.717, 1.165) is 11.2 Å². The summed E-state index contributed by atoms with van der Waals surface area (Å²) in [6.07, 6.45) is 1.32. The van der Waals surface area contributed by atoms with Gasteiger partial charge in [-0.1, -0.05) is 40.5 Å². The monoisotopic (exact) mass is 281 g/mol. The van der Waals surface area contributed by atoms with Crippen molar-refractivity contribution in [2.45, 2.75) is 38.6 Å². The van der Waals surface area contributed by atoms with Gasteiger partial charge >= 0.3 is 0 Å². The van der Waals surface area contributed by atoms with E-state index in [0.29, 0.717) is 6.04 Å². The molecule has 0 saturated carbocycles. The quantitative estimate of drug-likeness (QED) is 0.737. The number of halogens is 1. The predicted molar refractivity (Wildman–Crippen MR) is 74.4 cm³/mol. The molecular formula is C14H20BrN. The minimum atomic E-state index is 0.676. The van der Waals surface area contributed by atoms with Gasteiger partial charge in [-0.15, -0.1) is 0 Å². The highest BCUT2D eigenvalue weighted by Gasteiger charge is 2.27. The van der Waals surface area contributed by atoms with Crippen LogP contribution in [-0.2, 0) is 5.33 Å². The van der Waals surface area contributed by atoms with Gasteiger partial charge in [-0.05, 0) is 37.8 Å². The van der Waals surface area contributed by atoms with Gasteiger partial charge in [0.1, 0.15) is 0 Å². The Bertz CT molecular complexity index is 375. The highest BCUT2D eigenvalue weighted by Crippen LogP contribution is 2.32. The van der Waals surface area contributed by atoms with Crippen LogP contribution >= 0.6 is 15.9 Å². The molecule has 2 unspecified atom stereocenters.